The highest BCUT2D eigenvalue weighted by atomic mass is 35.5. The molecule has 0 aliphatic carbocycles. The largest absolute Gasteiger partial charge is 0.306 e. The van der Waals surface area contributed by atoms with E-state index in [1.165, 1.54) is 11.6 Å². The standard InChI is InChI=1S/C16H15ClFNS/c17-12-6-4-11(5-7-12)10-19-15-8-9-20-16-13(15)2-1-3-14(16)18/h1-7,15,19H,8-10H2. The van der Waals surface area contributed by atoms with Crippen LogP contribution in [0.15, 0.2) is 47.4 Å². The van der Waals surface area contributed by atoms with Crippen LogP contribution in [-0.2, 0) is 6.54 Å². The van der Waals surface area contributed by atoms with Crippen molar-refractivity contribution < 1.29 is 4.39 Å². The predicted octanol–water partition coefficient (Wildman–Crippen LogP) is 4.81. The van der Waals surface area contributed by atoms with Gasteiger partial charge in [-0.05, 0) is 41.5 Å². The van der Waals surface area contributed by atoms with Crippen LogP contribution < -0.4 is 5.32 Å². The smallest absolute Gasteiger partial charge is 0.137 e. The molecular formula is C16H15ClFNS. The summed E-state index contributed by atoms with van der Waals surface area (Å²) < 4.78 is 13.8. The van der Waals surface area contributed by atoms with Gasteiger partial charge in [-0.15, -0.1) is 11.8 Å². The molecule has 1 nitrogen and oxygen atoms in total. The Kier molecular flexibility index (Phi) is 4.29. The molecule has 0 amide bonds. The fourth-order valence-corrected chi connectivity index (χ4v) is 3.71. The average Bonchev–Trinajstić information content (AvgIpc) is 2.47. The molecule has 3 rings (SSSR count). The van der Waals surface area contributed by atoms with Gasteiger partial charge >= 0.3 is 0 Å². The van der Waals surface area contributed by atoms with Crippen molar-refractivity contribution in [2.45, 2.75) is 23.9 Å². The van der Waals surface area contributed by atoms with Gasteiger partial charge in [0.25, 0.3) is 0 Å². The van der Waals surface area contributed by atoms with Gasteiger partial charge in [-0.2, -0.15) is 0 Å². The zero-order valence-electron chi connectivity index (χ0n) is 10.9. The van der Waals surface area contributed by atoms with Crippen LogP contribution in [0.3, 0.4) is 0 Å². The molecule has 2 aromatic rings. The van der Waals surface area contributed by atoms with Crippen molar-refractivity contribution in [3.8, 4) is 0 Å². The number of hydrogen-bond donors (Lipinski definition) is 1. The van der Waals surface area contributed by atoms with E-state index >= 15 is 0 Å². The quantitative estimate of drug-likeness (QED) is 0.873. The van der Waals surface area contributed by atoms with Crippen molar-refractivity contribution in [1.29, 1.82) is 0 Å². The third-order valence-corrected chi connectivity index (χ3v) is 4.90. The second-order valence-electron chi connectivity index (χ2n) is 4.86. The molecule has 20 heavy (non-hydrogen) atoms. The molecule has 104 valence electrons. The predicted molar refractivity (Wildman–Crippen MR) is 82.8 cm³/mol. The van der Waals surface area contributed by atoms with Gasteiger partial charge in [0.15, 0.2) is 0 Å². The minimum Gasteiger partial charge on any atom is -0.306 e. The first kappa shape index (κ1) is 13.9. The molecule has 0 radical (unpaired) electrons. The van der Waals surface area contributed by atoms with Crippen LogP contribution in [0.2, 0.25) is 5.02 Å². The Labute approximate surface area is 127 Å². The molecule has 0 saturated heterocycles. The lowest BCUT2D eigenvalue weighted by atomic mass is 10.0. The Balaban J connectivity index is 1.73. The van der Waals surface area contributed by atoms with Crippen molar-refractivity contribution in [2.24, 2.45) is 0 Å². The van der Waals surface area contributed by atoms with Crippen LogP contribution in [0.5, 0.6) is 0 Å². The van der Waals surface area contributed by atoms with Crippen molar-refractivity contribution in [3.63, 3.8) is 0 Å². The van der Waals surface area contributed by atoms with Crippen molar-refractivity contribution in [3.05, 3.63) is 64.4 Å². The van der Waals surface area contributed by atoms with E-state index in [2.05, 4.69) is 5.32 Å². The number of benzene rings is 2. The molecule has 0 saturated carbocycles. The number of rotatable bonds is 3. The average molecular weight is 308 g/mol. The molecule has 1 aliphatic heterocycles. The van der Waals surface area contributed by atoms with Gasteiger partial charge < -0.3 is 5.32 Å². The summed E-state index contributed by atoms with van der Waals surface area (Å²) in [5.41, 5.74) is 2.26. The minimum atomic E-state index is -0.106. The molecule has 0 bridgehead atoms. The topological polar surface area (TPSA) is 12.0 Å². The maximum Gasteiger partial charge on any atom is 0.137 e. The molecular weight excluding hydrogens is 293 g/mol. The van der Waals surface area contributed by atoms with Gasteiger partial charge in [-0.1, -0.05) is 35.9 Å². The zero-order chi connectivity index (χ0) is 13.9. The van der Waals surface area contributed by atoms with Gasteiger partial charge in [0.2, 0.25) is 0 Å². The number of fused-ring (bicyclic) bond motifs is 1. The summed E-state index contributed by atoms with van der Waals surface area (Å²) in [5.74, 6) is 0.845. The minimum absolute atomic E-state index is 0.106. The van der Waals surface area contributed by atoms with Crippen LogP contribution in [0.25, 0.3) is 0 Å². The van der Waals surface area contributed by atoms with Crippen LogP contribution in [-0.4, -0.2) is 5.75 Å². The van der Waals surface area contributed by atoms with E-state index in [0.717, 1.165) is 34.2 Å². The first-order valence-electron chi connectivity index (χ1n) is 6.63. The van der Waals surface area contributed by atoms with Crippen molar-refractivity contribution in [1.82, 2.24) is 5.32 Å². The van der Waals surface area contributed by atoms with E-state index in [4.69, 9.17) is 11.6 Å². The lowest BCUT2D eigenvalue weighted by Crippen LogP contribution is -2.24. The monoisotopic (exact) mass is 307 g/mol. The first-order chi connectivity index (χ1) is 9.74. The molecule has 1 heterocycles. The van der Waals surface area contributed by atoms with E-state index in [0.29, 0.717) is 0 Å². The third-order valence-electron chi connectivity index (χ3n) is 3.49. The highest BCUT2D eigenvalue weighted by Crippen LogP contribution is 2.37. The Hall–Kier alpha value is -1.03. The summed E-state index contributed by atoms with van der Waals surface area (Å²) in [6.45, 7) is 0.766. The number of nitrogens with one attached hydrogen (secondary N) is 1. The van der Waals surface area contributed by atoms with Gasteiger partial charge in [-0.25, -0.2) is 4.39 Å². The van der Waals surface area contributed by atoms with E-state index < -0.39 is 0 Å². The molecule has 1 N–H and O–H groups in total. The normalized spacial score (nSPS) is 17.8. The summed E-state index contributed by atoms with van der Waals surface area (Å²) in [6.07, 6.45) is 1.02. The number of thioether (sulfide) groups is 1. The molecule has 2 aromatic carbocycles. The second-order valence-corrected chi connectivity index (χ2v) is 6.40. The fourth-order valence-electron chi connectivity index (χ4n) is 2.44. The Morgan fingerprint density at radius 3 is 2.80 bits per heavy atom. The SMILES string of the molecule is Fc1cccc2c1SCCC2NCc1ccc(Cl)cc1. The van der Waals surface area contributed by atoms with E-state index in [-0.39, 0.29) is 11.9 Å². The summed E-state index contributed by atoms with van der Waals surface area (Å²) in [4.78, 5) is 0.798. The highest BCUT2D eigenvalue weighted by molar-refractivity contribution is 7.99. The molecule has 1 atom stereocenters. The molecule has 1 aliphatic rings. The molecule has 4 heteroatoms. The summed E-state index contributed by atoms with van der Waals surface area (Å²) >= 11 is 7.49. The number of hydrogen-bond acceptors (Lipinski definition) is 2. The maximum atomic E-state index is 13.8. The van der Waals surface area contributed by atoms with Crippen LogP contribution in [0.4, 0.5) is 4.39 Å². The van der Waals surface area contributed by atoms with Gasteiger partial charge in [0.05, 0.1) is 0 Å². The Morgan fingerprint density at radius 1 is 1.20 bits per heavy atom. The first-order valence-corrected chi connectivity index (χ1v) is 7.99. The molecule has 1 unspecified atom stereocenters. The van der Waals surface area contributed by atoms with Crippen LogP contribution >= 0.6 is 23.4 Å². The molecule has 0 spiro atoms. The fraction of sp³-hybridized carbons (Fsp3) is 0.250. The number of halogens is 2. The van der Waals surface area contributed by atoms with Crippen LogP contribution in [0.1, 0.15) is 23.6 Å². The Morgan fingerprint density at radius 2 is 2.00 bits per heavy atom. The van der Waals surface area contributed by atoms with Gasteiger partial charge in [0.1, 0.15) is 5.82 Å². The molecule has 0 aromatic heterocycles. The lowest BCUT2D eigenvalue weighted by Gasteiger charge is -2.26. The van der Waals surface area contributed by atoms with E-state index in [1.807, 2.05) is 30.3 Å². The summed E-state index contributed by atoms with van der Waals surface area (Å²) in [7, 11) is 0. The van der Waals surface area contributed by atoms with E-state index in [1.54, 1.807) is 17.8 Å². The van der Waals surface area contributed by atoms with Gasteiger partial charge in [-0.3, -0.25) is 0 Å². The maximum absolute atomic E-state index is 13.8. The summed E-state index contributed by atoms with van der Waals surface area (Å²) in [5, 5.41) is 4.26. The van der Waals surface area contributed by atoms with Gasteiger partial charge in [0, 0.05) is 22.5 Å². The van der Waals surface area contributed by atoms with E-state index in [9.17, 15) is 4.39 Å². The lowest BCUT2D eigenvalue weighted by molar-refractivity contribution is 0.496. The second kappa shape index (κ2) is 6.17. The summed E-state index contributed by atoms with van der Waals surface area (Å²) in [6, 6.07) is 13.4. The van der Waals surface area contributed by atoms with Crippen molar-refractivity contribution in [2.75, 3.05) is 5.75 Å². The highest BCUT2D eigenvalue weighted by Gasteiger charge is 2.22. The third kappa shape index (κ3) is 3.00. The Bertz CT molecular complexity index is 600. The van der Waals surface area contributed by atoms with Crippen LogP contribution in [0, 0.1) is 5.82 Å². The van der Waals surface area contributed by atoms with Crippen molar-refractivity contribution >= 4 is 23.4 Å². The molecule has 0 fully saturated rings. The zero-order valence-corrected chi connectivity index (χ0v) is 12.5.